The van der Waals surface area contributed by atoms with Gasteiger partial charge in [-0.2, -0.15) is 0 Å². The Morgan fingerprint density at radius 3 is 2.88 bits per heavy atom. The van der Waals surface area contributed by atoms with Gasteiger partial charge in [-0.25, -0.2) is 4.98 Å². The van der Waals surface area contributed by atoms with E-state index in [4.69, 9.17) is 9.26 Å². The van der Waals surface area contributed by atoms with Crippen molar-refractivity contribution in [1.29, 1.82) is 0 Å². The number of anilines is 1. The smallest absolute Gasteiger partial charge is 0.302 e. The topological polar surface area (TPSA) is 81.1 Å². The van der Waals surface area contributed by atoms with E-state index in [1.807, 2.05) is 29.6 Å². The van der Waals surface area contributed by atoms with Gasteiger partial charge in [0.05, 0.1) is 18.6 Å². The van der Waals surface area contributed by atoms with Crippen molar-refractivity contribution in [3.05, 3.63) is 35.8 Å². The van der Waals surface area contributed by atoms with E-state index >= 15 is 0 Å². The molecule has 0 spiro atoms. The number of hydrogen-bond acceptors (Lipinski definition) is 7. The van der Waals surface area contributed by atoms with Crippen LogP contribution in [0.2, 0.25) is 0 Å². The third-order valence-corrected chi connectivity index (χ3v) is 5.05. The summed E-state index contributed by atoms with van der Waals surface area (Å²) in [5.74, 6) is 1.21. The molecule has 0 bridgehead atoms. The molecule has 0 atom stereocenters. The number of benzene rings is 1. The van der Waals surface area contributed by atoms with Crippen molar-refractivity contribution in [1.82, 2.24) is 10.3 Å². The zero-order valence-electron chi connectivity index (χ0n) is 13.1. The number of thioether (sulfide) groups is 1. The highest BCUT2D eigenvalue weighted by atomic mass is 32.2. The molecule has 2 heterocycles. The van der Waals surface area contributed by atoms with Crippen molar-refractivity contribution >= 4 is 34.9 Å². The first-order valence-corrected chi connectivity index (χ1v) is 8.86. The number of amides is 1. The lowest BCUT2D eigenvalue weighted by Gasteiger charge is -2.00. The zero-order chi connectivity index (χ0) is 16.9. The Bertz CT molecular complexity index is 829. The molecule has 7 nitrogen and oxygen atoms in total. The molecular formula is C15H15N4O3S2+. The Morgan fingerprint density at radius 2 is 2.21 bits per heavy atom. The lowest BCUT2D eigenvalue weighted by Crippen LogP contribution is -2.28. The predicted octanol–water partition coefficient (Wildman–Crippen LogP) is 2.36. The SMILES string of the molecule is COc1ccc(-c2csc(SCC(=O)Nc3c[n+](C)no3)n2)cc1. The maximum Gasteiger partial charge on any atom is 0.302 e. The highest BCUT2D eigenvalue weighted by Gasteiger charge is 2.12. The Hall–Kier alpha value is -2.39. The average Bonchev–Trinajstić information content (AvgIpc) is 3.22. The maximum absolute atomic E-state index is 11.9. The number of nitrogens with one attached hydrogen (secondary N) is 1. The molecule has 1 amide bonds. The van der Waals surface area contributed by atoms with Crippen molar-refractivity contribution in [3.8, 4) is 17.0 Å². The fourth-order valence-electron chi connectivity index (χ4n) is 1.90. The molecule has 1 N–H and O–H groups in total. The normalized spacial score (nSPS) is 10.6. The van der Waals surface area contributed by atoms with E-state index in [1.54, 1.807) is 20.4 Å². The van der Waals surface area contributed by atoms with E-state index in [-0.39, 0.29) is 11.7 Å². The molecule has 0 aliphatic rings. The molecule has 1 aromatic carbocycles. The number of aryl methyl sites for hydroxylation is 1. The lowest BCUT2D eigenvalue weighted by molar-refractivity contribution is -0.739. The molecule has 0 aliphatic carbocycles. The number of nitrogens with zero attached hydrogens (tertiary/aromatic N) is 3. The summed E-state index contributed by atoms with van der Waals surface area (Å²) in [5.41, 5.74) is 1.89. The van der Waals surface area contributed by atoms with Gasteiger partial charge in [0.15, 0.2) is 16.7 Å². The van der Waals surface area contributed by atoms with Crippen molar-refractivity contribution < 1.29 is 18.7 Å². The van der Waals surface area contributed by atoms with E-state index in [9.17, 15) is 4.79 Å². The molecule has 24 heavy (non-hydrogen) atoms. The zero-order valence-corrected chi connectivity index (χ0v) is 14.7. The Morgan fingerprint density at radius 1 is 1.42 bits per heavy atom. The van der Waals surface area contributed by atoms with E-state index < -0.39 is 0 Å². The Balaban J connectivity index is 1.56. The summed E-state index contributed by atoms with van der Waals surface area (Å²) < 4.78 is 12.4. The van der Waals surface area contributed by atoms with Crippen LogP contribution in [-0.4, -0.2) is 29.0 Å². The minimum Gasteiger partial charge on any atom is -0.497 e. The van der Waals surface area contributed by atoms with Gasteiger partial charge in [-0.3, -0.25) is 14.6 Å². The third kappa shape index (κ3) is 4.12. The molecule has 0 fully saturated rings. The summed E-state index contributed by atoms with van der Waals surface area (Å²) in [6.45, 7) is 0. The summed E-state index contributed by atoms with van der Waals surface area (Å²) >= 11 is 2.89. The second-order valence-electron chi connectivity index (χ2n) is 4.80. The molecular weight excluding hydrogens is 348 g/mol. The van der Waals surface area contributed by atoms with Crippen LogP contribution in [0.4, 0.5) is 5.88 Å². The van der Waals surface area contributed by atoms with Gasteiger partial charge in [0.1, 0.15) is 5.75 Å². The summed E-state index contributed by atoms with van der Waals surface area (Å²) in [6, 6.07) is 7.70. The molecule has 0 saturated carbocycles. The highest BCUT2D eigenvalue weighted by Crippen LogP contribution is 2.29. The van der Waals surface area contributed by atoms with Crippen LogP contribution < -0.4 is 14.7 Å². The van der Waals surface area contributed by atoms with Crippen molar-refractivity contribution in [2.24, 2.45) is 7.05 Å². The monoisotopic (exact) mass is 363 g/mol. The van der Waals surface area contributed by atoms with Crippen LogP contribution in [0.3, 0.4) is 0 Å². The largest absolute Gasteiger partial charge is 0.497 e. The number of methoxy groups -OCH3 is 1. The first-order valence-electron chi connectivity index (χ1n) is 6.99. The van der Waals surface area contributed by atoms with E-state index in [1.165, 1.54) is 27.8 Å². The first kappa shape index (κ1) is 16.5. The van der Waals surface area contributed by atoms with Crippen LogP contribution in [0.5, 0.6) is 5.75 Å². The second kappa shape index (κ2) is 7.45. The number of hydrogen-bond donors (Lipinski definition) is 1. The van der Waals surface area contributed by atoms with E-state index in [2.05, 4.69) is 15.6 Å². The van der Waals surface area contributed by atoms with Gasteiger partial charge in [0, 0.05) is 10.9 Å². The van der Waals surface area contributed by atoms with Gasteiger partial charge in [0.2, 0.25) is 5.91 Å². The number of rotatable bonds is 6. The van der Waals surface area contributed by atoms with Crippen LogP contribution in [0.15, 0.2) is 44.7 Å². The van der Waals surface area contributed by atoms with Crippen molar-refractivity contribution in [2.75, 3.05) is 18.2 Å². The number of carbonyl (C=O) groups is 1. The molecule has 0 radical (unpaired) electrons. The Labute approximate surface area is 146 Å². The van der Waals surface area contributed by atoms with Crippen LogP contribution in [-0.2, 0) is 11.8 Å². The van der Waals surface area contributed by atoms with E-state index in [0.717, 1.165) is 21.3 Å². The fourth-order valence-corrected chi connectivity index (χ4v) is 3.53. The van der Waals surface area contributed by atoms with Crippen LogP contribution in [0, 0.1) is 0 Å². The second-order valence-corrected chi connectivity index (χ2v) is 6.88. The molecule has 2 aromatic heterocycles. The van der Waals surface area contributed by atoms with Crippen molar-refractivity contribution in [3.63, 3.8) is 0 Å². The molecule has 9 heteroatoms. The van der Waals surface area contributed by atoms with Crippen molar-refractivity contribution in [2.45, 2.75) is 4.34 Å². The summed E-state index contributed by atoms with van der Waals surface area (Å²) in [5, 5.41) is 8.25. The van der Waals surface area contributed by atoms with Gasteiger partial charge >= 0.3 is 5.88 Å². The van der Waals surface area contributed by atoms with Crippen LogP contribution in [0.25, 0.3) is 11.3 Å². The molecule has 0 aliphatic heterocycles. The molecule has 124 valence electrons. The minimum absolute atomic E-state index is 0.169. The van der Waals surface area contributed by atoms with Gasteiger partial charge in [-0.15, -0.1) is 11.3 Å². The van der Waals surface area contributed by atoms with Gasteiger partial charge < -0.3 is 4.74 Å². The van der Waals surface area contributed by atoms with Gasteiger partial charge in [-0.05, 0) is 24.3 Å². The highest BCUT2D eigenvalue weighted by molar-refractivity contribution is 8.01. The van der Waals surface area contributed by atoms with E-state index in [0.29, 0.717) is 5.88 Å². The number of aromatic nitrogens is 3. The average molecular weight is 363 g/mol. The summed E-state index contributed by atoms with van der Waals surface area (Å²) in [4.78, 5) is 16.4. The minimum atomic E-state index is -0.169. The molecule has 3 rings (SSSR count). The standard InChI is InChI=1S/C15H14N4O3S2/c1-19-7-14(22-18-19)17-13(20)9-24-15-16-12(8-23-15)10-3-5-11(21-2)6-4-10/h3-8H,9H2,1-2H3/p+1. The molecule has 0 saturated heterocycles. The fraction of sp³-hybridized carbons (Fsp3) is 0.200. The third-order valence-electron chi connectivity index (χ3n) is 3.03. The molecule has 0 unspecified atom stereocenters. The predicted molar refractivity (Wildman–Crippen MR) is 91.1 cm³/mol. The Kier molecular flexibility index (Phi) is 5.11. The number of ether oxygens (including phenoxy) is 1. The van der Waals surface area contributed by atoms with Gasteiger partial charge in [0.25, 0.3) is 6.20 Å². The summed E-state index contributed by atoms with van der Waals surface area (Å²) in [6.07, 6.45) is 1.59. The number of thiazole rings is 1. The molecule has 3 aromatic rings. The summed E-state index contributed by atoms with van der Waals surface area (Å²) in [7, 11) is 3.35. The maximum atomic E-state index is 11.9. The quantitative estimate of drug-likeness (QED) is 0.535. The first-order chi connectivity index (χ1) is 11.6. The van der Waals surface area contributed by atoms with Crippen LogP contribution >= 0.6 is 23.1 Å². The van der Waals surface area contributed by atoms with Gasteiger partial charge in [-0.1, -0.05) is 16.4 Å². The number of carbonyl (C=O) groups excluding carboxylic acids is 1. The van der Waals surface area contributed by atoms with Crippen LogP contribution in [0.1, 0.15) is 0 Å². The lowest BCUT2D eigenvalue weighted by atomic mass is 10.2.